The lowest BCUT2D eigenvalue weighted by atomic mass is 10.3. The molecular formula is C11H11N3. The van der Waals surface area contributed by atoms with Crippen LogP contribution in [0.3, 0.4) is 0 Å². The van der Waals surface area contributed by atoms with Crippen LogP contribution in [0.2, 0.25) is 0 Å². The zero-order valence-electron chi connectivity index (χ0n) is 7.64. The lowest BCUT2D eigenvalue weighted by Crippen LogP contribution is -1.92. The maximum atomic E-state index is 5.58. The van der Waals surface area contributed by atoms with E-state index in [-0.39, 0.29) is 0 Å². The van der Waals surface area contributed by atoms with Gasteiger partial charge in [-0.3, -0.25) is 0 Å². The van der Waals surface area contributed by atoms with Crippen molar-refractivity contribution in [2.24, 2.45) is 0 Å². The summed E-state index contributed by atoms with van der Waals surface area (Å²) in [6, 6.07) is 13.3. The zero-order valence-corrected chi connectivity index (χ0v) is 7.64. The number of pyridine rings is 1. The van der Waals surface area contributed by atoms with Crippen molar-refractivity contribution in [2.75, 3.05) is 11.1 Å². The fraction of sp³-hybridized carbons (Fsp3) is 0. The Morgan fingerprint density at radius 2 is 1.79 bits per heavy atom. The Labute approximate surface area is 82.6 Å². The molecule has 0 radical (unpaired) electrons. The predicted octanol–water partition coefficient (Wildman–Crippen LogP) is 2.41. The molecule has 0 spiro atoms. The standard InChI is InChI=1S/C11H11N3/c12-9-4-6-10(7-5-9)14-11-3-1-2-8-13-11/h1-8H,12H2,(H,13,14). The van der Waals surface area contributed by atoms with Crippen LogP contribution in [-0.4, -0.2) is 4.98 Å². The maximum absolute atomic E-state index is 5.58. The van der Waals surface area contributed by atoms with Crippen LogP contribution in [0.4, 0.5) is 17.2 Å². The van der Waals surface area contributed by atoms with Gasteiger partial charge in [0, 0.05) is 17.6 Å². The molecule has 0 bridgehead atoms. The minimum absolute atomic E-state index is 0.761. The quantitative estimate of drug-likeness (QED) is 0.706. The van der Waals surface area contributed by atoms with Crippen LogP contribution in [0, 0.1) is 0 Å². The van der Waals surface area contributed by atoms with Gasteiger partial charge in [0.25, 0.3) is 0 Å². The van der Waals surface area contributed by atoms with Crippen molar-refractivity contribution < 1.29 is 0 Å². The molecule has 0 unspecified atom stereocenters. The summed E-state index contributed by atoms with van der Waals surface area (Å²) in [6.07, 6.45) is 1.75. The first-order chi connectivity index (χ1) is 6.84. The van der Waals surface area contributed by atoms with Gasteiger partial charge in [-0.05, 0) is 36.4 Å². The van der Waals surface area contributed by atoms with Gasteiger partial charge < -0.3 is 11.1 Å². The fourth-order valence-electron chi connectivity index (χ4n) is 1.15. The van der Waals surface area contributed by atoms with E-state index in [2.05, 4.69) is 10.3 Å². The summed E-state index contributed by atoms with van der Waals surface area (Å²) in [5, 5.41) is 3.16. The summed E-state index contributed by atoms with van der Waals surface area (Å²) in [7, 11) is 0. The largest absolute Gasteiger partial charge is 0.399 e. The lowest BCUT2D eigenvalue weighted by molar-refractivity contribution is 1.31. The number of aromatic nitrogens is 1. The van der Waals surface area contributed by atoms with Crippen molar-refractivity contribution in [1.29, 1.82) is 0 Å². The van der Waals surface area contributed by atoms with Crippen molar-refractivity contribution in [3.05, 3.63) is 48.7 Å². The van der Waals surface area contributed by atoms with E-state index in [1.54, 1.807) is 6.20 Å². The summed E-state index contributed by atoms with van der Waals surface area (Å²) in [5.41, 5.74) is 7.32. The van der Waals surface area contributed by atoms with Crippen molar-refractivity contribution in [2.45, 2.75) is 0 Å². The first kappa shape index (κ1) is 8.56. The second-order valence-corrected chi connectivity index (χ2v) is 2.96. The van der Waals surface area contributed by atoms with Crippen LogP contribution in [0.15, 0.2) is 48.7 Å². The first-order valence-electron chi connectivity index (χ1n) is 4.38. The van der Waals surface area contributed by atoms with E-state index < -0.39 is 0 Å². The summed E-state index contributed by atoms with van der Waals surface area (Å²) < 4.78 is 0. The van der Waals surface area contributed by atoms with Gasteiger partial charge in [0.05, 0.1) is 0 Å². The number of hydrogen-bond acceptors (Lipinski definition) is 3. The Bertz CT molecular complexity index is 395. The Kier molecular flexibility index (Phi) is 2.32. The molecule has 0 aliphatic carbocycles. The number of anilines is 3. The van der Waals surface area contributed by atoms with Gasteiger partial charge in [0.2, 0.25) is 0 Å². The zero-order chi connectivity index (χ0) is 9.80. The number of rotatable bonds is 2. The fourth-order valence-corrected chi connectivity index (χ4v) is 1.15. The molecule has 2 aromatic rings. The third-order valence-corrected chi connectivity index (χ3v) is 1.85. The molecule has 3 nitrogen and oxygen atoms in total. The molecule has 1 heterocycles. The highest BCUT2D eigenvalue weighted by Crippen LogP contribution is 2.15. The van der Waals surface area contributed by atoms with E-state index in [9.17, 15) is 0 Å². The molecule has 0 fully saturated rings. The smallest absolute Gasteiger partial charge is 0.130 e. The summed E-state index contributed by atoms with van der Waals surface area (Å²) in [4.78, 5) is 4.15. The third-order valence-electron chi connectivity index (χ3n) is 1.85. The van der Waals surface area contributed by atoms with Gasteiger partial charge >= 0.3 is 0 Å². The van der Waals surface area contributed by atoms with Crippen LogP contribution in [0.5, 0.6) is 0 Å². The second kappa shape index (κ2) is 3.79. The molecule has 0 aliphatic heterocycles. The Balaban J connectivity index is 2.16. The van der Waals surface area contributed by atoms with Gasteiger partial charge in [0.1, 0.15) is 5.82 Å². The Morgan fingerprint density at radius 1 is 1.00 bits per heavy atom. The number of hydrogen-bond donors (Lipinski definition) is 2. The van der Waals surface area contributed by atoms with Crippen LogP contribution < -0.4 is 11.1 Å². The monoisotopic (exact) mass is 185 g/mol. The number of benzene rings is 1. The molecular weight excluding hydrogens is 174 g/mol. The number of nitrogens with zero attached hydrogens (tertiary/aromatic N) is 1. The second-order valence-electron chi connectivity index (χ2n) is 2.96. The lowest BCUT2D eigenvalue weighted by Gasteiger charge is -2.04. The molecule has 3 N–H and O–H groups in total. The topological polar surface area (TPSA) is 50.9 Å². The van der Waals surface area contributed by atoms with Gasteiger partial charge in [-0.15, -0.1) is 0 Å². The molecule has 0 aliphatic rings. The highest BCUT2D eigenvalue weighted by atomic mass is 15.0. The average molecular weight is 185 g/mol. The van der Waals surface area contributed by atoms with Crippen molar-refractivity contribution in [1.82, 2.24) is 4.98 Å². The Hall–Kier alpha value is -2.03. The maximum Gasteiger partial charge on any atom is 0.130 e. The van der Waals surface area contributed by atoms with E-state index in [1.807, 2.05) is 42.5 Å². The third kappa shape index (κ3) is 2.01. The van der Waals surface area contributed by atoms with E-state index in [4.69, 9.17) is 5.73 Å². The predicted molar refractivity (Wildman–Crippen MR) is 58.4 cm³/mol. The van der Waals surface area contributed by atoms with Crippen molar-refractivity contribution in [3.8, 4) is 0 Å². The molecule has 0 saturated heterocycles. The summed E-state index contributed by atoms with van der Waals surface area (Å²) in [5.74, 6) is 0.831. The van der Waals surface area contributed by atoms with Crippen LogP contribution in [-0.2, 0) is 0 Å². The molecule has 1 aromatic heterocycles. The van der Waals surface area contributed by atoms with Crippen LogP contribution in [0.1, 0.15) is 0 Å². The normalized spacial score (nSPS) is 9.71. The summed E-state index contributed by atoms with van der Waals surface area (Å²) in [6.45, 7) is 0. The highest BCUT2D eigenvalue weighted by molar-refractivity contribution is 5.58. The molecule has 70 valence electrons. The average Bonchev–Trinajstić information content (AvgIpc) is 2.23. The molecule has 0 amide bonds. The van der Waals surface area contributed by atoms with Gasteiger partial charge in [-0.25, -0.2) is 4.98 Å². The summed E-state index contributed by atoms with van der Waals surface area (Å²) >= 11 is 0. The Morgan fingerprint density at radius 3 is 2.43 bits per heavy atom. The van der Waals surface area contributed by atoms with Crippen molar-refractivity contribution in [3.63, 3.8) is 0 Å². The van der Waals surface area contributed by atoms with E-state index in [0.29, 0.717) is 0 Å². The minimum Gasteiger partial charge on any atom is -0.399 e. The molecule has 3 heteroatoms. The highest BCUT2D eigenvalue weighted by Gasteiger charge is 1.93. The van der Waals surface area contributed by atoms with Gasteiger partial charge in [-0.1, -0.05) is 6.07 Å². The van der Waals surface area contributed by atoms with E-state index in [0.717, 1.165) is 17.2 Å². The molecule has 14 heavy (non-hydrogen) atoms. The molecule has 2 rings (SSSR count). The number of nitrogens with two attached hydrogens (primary N) is 1. The SMILES string of the molecule is Nc1ccc(Nc2ccccn2)cc1. The van der Waals surface area contributed by atoms with Crippen molar-refractivity contribution >= 4 is 17.2 Å². The van der Waals surface area contributed by atoms with Gasteiger partial charge in [0.15, 0.2) is 0 Å². The molecule has 0 atom stereocenters. The molecule has 1 aromatic carbocycles. The number of nitrogen functional groups attached to an aromatic ring is 1. The first-order valence-corrected chi connectivity index (χ1v) is 4.38. The van der Waals surface area contributed by atoms with Gasteiger partial charge in [-0.2, -0.15) is 0 Å². The number of nitrogens with one attached hydrogen (secondary N) is 1. The molecule has 0 saturated carbocycles. The van der Waals surface area contributed by atoms with Crippen LogP contribution in [0.25, 0.3) is 0 Å². The minimum atomic E-state index is 0.761. The van der Waals surface area contributed by atoms with E-state index >= 15 is 0 Å². The van der Waals surface area contributed by atoms with E-state index in [1.165, 1.54) is 0 Å². The van der Waals surface area contributed by atoms with Crippen LogP contribution >= 0.6 is 0 Å².